The lowest BCUT2D eigenvalue weighted by Gasteiger charge is -2.21. The fourth-order valence-electron chi connectivity index (χ4n) is 3.03. The SMILES string of the molecule is C=C/C=C(\C=C/C)N=C(OF)OC1=CC=C(OCCN(CCC)CC2CC2)CC=C1. The van der Waals surface area contributed by atoms with Crippen LogP contribution in [-0.2, 0) is 14.4 Å². The van der Waals surface area contributed by atoms with E-state index in [1.807, 2.05) is 19.1 Å². The van der Waals surface area contributed by atoms with Gasteiger partial charge in [-0.15, -0.1) is 0 Å². The summed E-state index contributed by atoms with van der Waals surface area (Å²) in [5, 5.41) is 0. The second-order valence-corrected chi connectivity index (χ2v) is 7.29. The maximum Gasteiger partial charge on any atom is 0.433 e. The predicted octanol–water partition coefficient (Wildman–Crippen LogP) is 5.77. The lowest BCUT2D eigenvalue weighted by Crippen LogP contribution is -2.30. The first-order chi connectivity index (χ1) is 14.7. The largest absolute Gasteiger partial charge is 0.496 e. The summed E-state index contributed by atoms with van der Waals surface area (Å²) >= 11 is 0. The van der Waals surface area contributed by atoms with E-state index < -0.39 is 6.08 Å². The molecule has 0 atom stereocenters. The molecule has 0 aliphatic heterocycles. The molecule has 30 heavy (non-hydrogen) atoms. The molecule has 0 amide bonds. The minimum Gasteiger partial charge on any atom is -0.496 e. The van der Waals surface area contributed by atoms with Gasteiger partial charge in [-0.2, -0.15) is 4.99 Å². The zero-order chi connectivity index (χ0) is 21.6. The number of allylic oxidation sites excluding steroid dienone is 8. The Labute approximate surface area is 179 Å². The van der Waals surface area contributed by atoms with Gasteiger partial charge in [0, 0.05) is 24.0 Å². The van der Waals surface area contributed by atoms with E-state index in [0.717, 1.165) is 31.2 Å². The summed E-state index contributed by atoms with van der Waals surface area (Å²) in [6.45, 7) is 11.5. The number of aliphatic imine (C=N–C) groups is 1. The first-order valence-corrected chi connectivity index (χ1v) is 10.6. The van der Waals surface area contributed by atoms with Crippen molar-refractivity contribution in [1.29, 1.82) is 0 Å². The van der Waals surface area contributed by atoms with Crippen LogP contribution < -0.4 is 0 Å². The van der Waals surface area contributed by atoms with Crippen molar-refractivity contribution in [3.63, 3.8) is 0 Å². The highest BCUT2D eigenvalue weighted by atomic mass is 19.3. The Bertz CT molecular complexity index is 731. The van der Waals surface area contributed by atoms with Crippen molar-refractivity contribution in [2.24, 2.45) is 10.9 Å². The zero-order valence-corrected chi connectivity index (χ0v) is 18.1. The van der Waals surface area contributed by atoms with Crippen LogP contribution in [0.25, 0.3) is 0 Å². The van der Waals surface area contributed by atoms with Crippen molar-refractivity contribution in [1.82, 2.24) is 4.90 Å². The van der Waals surface area contributed by atoms with E-state index in [1.54, 1.807) is 36.5 Å². The third-order valence-corrected chi connectivity index (χ3v) is 4.60. The van der Waals surface area contributed by atoms with Crippen LogP contribution in [0.3, 0.4) is 0 Å². The summed E-state index contributed by atoms with van der Waals surface area (Å²) in [4.78, 5) is 10.3. The summed E-state index contributed by atoms with van der Waals surface area (Å²) in [5.74, 6) is 2.13. The van der Waals surface area contributed by atoms with Gasteiger partial charge in [0.25, 0.3) is 0 Å². The summed E-state index contributed by atoms with van der Waals surface area (Å²) in [6.07, 6.45) is 17.9. The smallest absolute Gasteiger partial charge is 0.433 e. The number of halogens is 1. The van der Waals surface area contributed by atoms with Crippen LogP contribution in [0.15, 0.2) is 77.4 Å². The fourth-order valence-corrected chi connectivity index (χ4v) is 3.03. The molecule has 2 rings (SSSR count). The highest BCUT2D eigenvalue weighted by Gasteiger charge is 2.23. The maximum absolute atomic E-state index is 12.9. The molecular weight excluding hydrogens is 383 g/mol. The minimum atomic E-state index is -0.495. The first-order valence-electron chi connectivity index (χ1n) is 10.6. The normalized spacial score (nSPS) is 17.6. The molecule has 0 unspecified atom stereocenters. The van der Waals surface area contributed by atoms with Gasteiger partial charge < -0.3 is 9.47 Å². The Morgan fingerprint density at radius 3 is 2.83 bits per heavy atom. The van der Waals surface area contributed by atoms with Gasteiger partial charge in [-0.05, 0) is 69.0 Å². The fraction of sp³-hybridized carbons (Fsp3) is 0.458. The molecule has 0 heterocycles. The average Bonchev–Trinajstić information content (AvgIpc) is 3.56. The molecule has 2 aliphatic rings. The van der Waals surface area contributed by atoms with Crippen molar-refractivity contribution in [2.45, 2.75) is 39.5 Å². The van der Waals surface area contributed by atoms with Crippen molar-refractivity contribution < 1.29 is 18.9 Å². The molecule has 1 saturated carbocycles. The van der Waals surface area contributed by atoms with Gasteiger partial charge in [-0.25, -0.2) is 4.94 Å². The van der Waals surface area contributed by atoms with Crippen molar-refractivity contribution >= 4 is 6.08 Å². The second kappa shape index (κ2) is 13.6. The van der Waals surface area contributed by atoms with Crippen molar-refractivity contribution in [3.05, 3.63) is 72.4 Å². The molecule has 0 aromatic rings. The van der Waals surface area contributed by atoms with Gasteiger partial charge in [-0.3, -0.25) is 4.90 Å². The summed E-state index contributed by atoms with van der Waals surface area (Å²) in [5.41, 5.74) is 0.459. The molecule has 0 spiro atoms. The molecule has 2 aliphatic carbocycles. The molecule has 0 bridgehead atoms. The van der Waals surface area contributed by atoms with Gasteiger partial charge in [0.1, 0.15) is 12.4 Å². The Morgan fingerprint density at radius 2 is 2.17 bits per heavy atom. The van der Waals surface area contributed by atoms with E-state index in [9.17, 15) is 4.53 Å². The summed E-state index contributed by atoms with van der Waals surface area (Å²) < 4.78 is 24.3. The molecule has 0 aromatic heterocycles. The van der Waals surface area contributed by atoms with E-state index >= 15 is 0 Å². The summed E-state index contributed by atoms with van der Waals surface area (Å²) in [7, 11) is 0. The van der Waals surface area contributed by atoms with E-state index in [4.69, 9.17) is 9.47 Å². The molecule has 0 saturated heterocycles. The van der Waals surface area contributed by atoms with Crippen LogP contribution in [0.4, 0.5) is 4.53 Å². The van der Waals surface area contributed by atoms with Crippen LogP contribution in [0, 0.1) is 5.92 Å². The highest BCUT2D eigenvalue weighted by Crippen LogP contribution is 2.29. The molecule has 5 nitrogen and oxygen atoms in total. The number of nitrogens with zero attached hydrogens (tertiary/aromatic N) is 2. The van der Waals surface area contributed by atoms with Crippen LogP contribution in [0.5, 0.6) is 0 Å². The average molecular weight is 417 g/mol. The first kappa shape index (κ1) is 23.7. The Hall–Kier alpha value is -2.60. The van der Waals surface area contributed by atoms with Crippen molar-refractivity contribution in [3.8, 4) is 0 Å². The van der Waals surface area contributed by atoms with E-state index in [1.165, 1.54) is 19.4 Å². The molecule has 0 N–H and O–H groups in total. The topological polar surface area (TPSA) is 43.3 Å². The third-order valence-electron chi connectivity index (χ3n) is 4.60. The predicted molar refractivity (Wildman–Crippen MR) is 119 cm³/mol. The van der Waals surface area contributed by atoms with Gasteiger partial charge in [-0.1, -0.05) is 31.7 Å². The number of rotatable bonds is 12. The molecular formula is C24H33FN2O3. The van der Waals surface area contributed by atoms with E-state index in [2.05, 4.69) is 28.3 Å². The minimum absolute atomic E-state index is 0.407. The number of hydrogen-bond acceptors (Lipinski definition) is 5. The Balaban J connectivity index is 1.91. The van der Waals surface area contributed by atoms with Gasteiger partial charge >= 0.3 is 6.08 Å². The lowest BCUT2D eigenvalue weighted by atomic mass is 10.3. The maximum atomic E-state index is 12.9. The van der Waals surface area contributed by atoms with Crippen LogP contribution in [0.2, 0.25) is 0 Å². The van der Waals surface area contributed by atoms with Crippen LogP contribution >= 0.6 is 0 Å². The standard InChI is InChI=1S/C24H33FN2O3/c1-4-8-21(9-5-2)26-24(30-25)29-23-11-7-10-22(14-15-23)28-18-17-27(16-6-3)19-20-12-13-20/h4-5,7-9,11,14-15,20H,1,6,10,12-13,16-19H2,2-3H3/b9-5-,21-8+,26-24?. The van der Waals surface area contributed by atoms with Gasteiger partial charge in [0.15, 0.2) is 0 Å². The number of hydrogen-bond donors (Lipinski definition) is 0. The monoisotopic (exact) mass is 416 g/mol. The Kier molecular flexibility index (Phi) is 10.7. The van der Waals surface area contributed by atoms with E-state index in [-0.39, 0.29) is 0 Å². The van der Waals surface area contributed by atoms with E-state index in [0.29, 0.717) is 24.5 Å². The molecule has 1 fully saturated rings. The number of ether oxygens (including phenoxy) is 2. The third kappa shape index (κ3) is 9.27. The summed E-state index contributed by atoms with van der Waals surface area (Å²) in [6, 6.07) is 0. The van der Waals surface area contributed by atoms with Crippen LogP contribution in [-0.4, -0.2) is 37.2 Å². The van der Waals surface area contributed by atoms with Gasteiger partial charge in [0.2, 0.25) is 0 Å². The molecule has 0 aromatic carbocycles. The molecule has 0 radical (unpaired) electrons. The van der Waals surface area contributed by atoms with Crippen molar-refractivity contribution in [2.75, 3.05) is 26.2 Å². The molecule has 164 valence electrons. The Morgan fingerprint density at radius 1 is 1.33 bits per heavy atom. The zero-order valence-electron chi connectivity index (χ0n) is 18.1. The van der Waals surface area contributed by atoms with Gasteiger partial charge in [0.05, 0.1) is 11.5 Å². The lowest BCUT2D eigenvalue weighted by molar-refractivity contribution is -0.0530. The quantitative estimate of drug-likeness (QED) is 0.230. The molecule has 6 heteroatoms. The second-order valence-electron chi connectivity index (χ2n) is 7.29. The highest BCUT2D eigenvalue weighted by molar-refractivity contribution is 5.70. The van der Waals surface area contributed by atoms with Crippen LogP contribution in [0.1, 0.15) is 39.5 Å².